The van der Waals surface area contributed by atoms with Gasteiger partial charge in [0.15, 0.2) is 0 Å². The molecule has 3 nitrogen and oxygen atoms in total. The molecular weight excluding hydrogens is 272 g/mol. The second-order valence-electron chi connectivity index (χ2n) is 6.46. The predicted molar refractivity (Wildman–Crippen MR) is 83.6 cm³/mol. The third-order valence-electron chi connectivity index (χ3n) is 3.97. The molecule has 0 radical (unpaired) electrons. The molecular formula is C16H23ClN2O. The van der Waals surface area contributed by atoms with Crippen LogP contribution in [0.4, 0.5) is 5.69 Å². The summed E-state index contributed by atoms with van der Waals surface area (Å²) in [5.74, 6) is 0. The molecule has 0 amide bonds. The Morgan fingerprint density at radius 2 is 2.20 bits per heavy atom. The minimum absolute atomic E-state index is 0.0842. The zero-order valence-corrected chi connectivity index (χ0v) is 13.0. The summed E-state index contributed by atoms with van der Waals surface area (Å²) in [6.45, 7) is 7.85. The van der Waals surface area contributed by atoms with E-state index in [0.29, 0.717) is 6.04 Å². The molecule has 2 fully saturated rings. The van der Waals surface area contributed by atoms with Gasteiger partial charge in [0, 0.05) is 36.4 Å². The number of halogens is 1. The Balaban J connectivity index is 1.79. The molecule has 1 aliphatic carbocycles. The van der Waals surface area contributed by atoms with Gasteiger partial charge in [0.1, 0.15) is 0 Å². The summed E-state index contributed by atoms with van der Waals surface area (Å²) in [5, 5.41) is 4.40. The van der Waals surface area contributed by atoms with E-state index in [2.05, 4.69) is 36.2 Å². The van der Waals surface area contributed by atoms with Gasteiger partial charge in [-0.3, -0.25) is 0 Å². The van der Waals surface area contributed by atoms with Crippen LogP contribution in [0.5, 0.6) is 0 Å². The van der Waals surface area contributed by atoms with E-state index in [1.54, 1.807) is 0 Å². The van der Waals surface area contributed by atoms with Crippen LogP contribution in [0.1, 0.15) is 32.3 Å². The first-order chi connectivity index (χ1) is 9.53. The topological polar surface area (TPSA) is 24.5 Å². The van der Waals surface area contributed by atoms with Gasteiger partial charge in [-0.05, 0) is 50.5 Å². The molecule has 1 aliphatic heterocycles. The molecule has 0 bridgehead atoms. The van der Waals surface area contributed by atoms with Crippen molar-refractivity contribution in [1.82, 2.24) is 5.32 Å². The van der Waals surface area contributed by atoms with Crippen LogP contribution in [0.25, 0.3) is 0 Å². The third-order valence-corrected chi connectivity index (χ3v) is 4.20. The Bertz CT molecular complexity index is 485. The molecule has 1 aromatic carbocycles. The second kappa shape index (κ2) is 5.55. The molecule has 0 spiro atoms. The molecule has 1 saturated heterocycles. The van der Waals surface area contributed by atoms with E-state index < -0.39 is 0 Å². The highest BCUT2D eigenvalue weighted by atomic mass is 35.5. The molecule has 0 atom stereocenters. The molecule has 1 N–H and O–H groups in total. The highest BCUT2D eigenvalue weighted by molar-refractivity contribution is 6.30. The summed E-state index contributed by atoms with van der Waals surface area (Å²) in [5.41, 5.74) is 2.50. The minimum Gasteiger partial charge on any atom is -0.372 e. The van der Waals surface area contributed by atoms with Crippen molar-refractivity contribution in [3.8, 4) is 0 Å². The van der Waals surface area contributed by atoms with Crippen molar-refractivity contribution in [3.05, 3.63) is 28.8 Å². The van der Waals surface area contributed by atoms with Crippen LogP contribution in [0, 0.1) is 0 Å². The first-order valence-corrected chi connectivity index (χ1v) is 7.82. The van der Waals surface area contributed by atoms with Gasteiger partial charge in [0.2, 0.25) is 0 Å². The van der Waals surface area contributed by atoms with Gasteiger partial charge in [-0.2, -0.15) is 0 Å². The number of ether oxygens (including phenoxy) is 1. The van der Waals surface area contributed by atoms with Crippen molar-refractivity contribution >= 4 is 17.3 Å². The molecule has 0 unspecified atom stereocenters. The van der Waals surface area contributed by atoms with Crippen molar-refractivity contribution in [2.45, 2.75) is 44.9 Å². The summed E-state index contributed by atoms with van der Waals surface area (Å²) in [6.07, 6.45) is 2.61. The largest absolute Gasteiger partial charge is 0.372 e. The first kappa shape index (κ1) is 14.2. The molecule has 1 aromatic rings. The SMILES string of the molecule is CC1(C)CN(c2ccc(Cl)cc2CNC2CC2)CCO1. The lowest BCUT2D eigenvalue weighted by Crippen LogP contribution is -2.48. The fourth-order valence-electron chi connectivity index (χ4n) is 2.77. The van der Waals surface area contributed by atoms with Crippen molar-refractivity contribution < 1.29 is 4.74 Å². The van der Waals surface area contributed by atoms with E-state index >= 15 is 0 Å². The summed E-state index contributed by atoms with van der Waals surface area (Å²) in [7, 11) is 0. The monoisotopic (exact) mass is 294 g/mol. The van der Waals surface area contributed by atoms with E-state index in [-0.39, 0.29) is 5.60 Å². The Kier molecular flexibility index (Phi) is 3.93. The maximum atomic E-state index is 6.17. The third kappa shape index (κ3) is 3.46. The van der Waals surface area contributed by atoms with Crippen molar-refractivity contribution in [1.29, 1.82) is 0 Å². The van der Waals surface area contributed by atoms with Gasteiger partial charge in [-0.15, -0.1) is 0 Å². The van der Waals surface area contributed by atoms with Crippen LogP contribution in [0.15, 0.2) is 18.2 Å². The van der Waals surface area contributed by atoms with Gasteiger partial charge in [0.05, 0.1) is 12.2 Å². The van der Waals surface area contributed by atoms with Gasteiger partial charge in [-0.25, -0.2) is 0 Å². The number of anilines is 1. The normalized spacial score (nSPS) is 22.1. The number of rotatable bonds is 4. The standard InChI is InChI=1S/C16H23ClN2O/c1-16(2)11-19(7-8-20-16)15-6-3-13(17)9-12(15)10-18-14-4-5-14/h3,6,9,14,18H,4-5,7-8,10-11H2,1-2H3. The van der Waals surface area contributed by atoms with Crippen LogP contribution in [-0.4, -0.2) is 31.3 Å². The minimum atomic E-state index is -0.0842. The molecule has 2 aliphatic rings. The first-order valence-electron chi connectivity index (χ1n) is 7.44. The van der Waals surface area contributed by atoms with Crippen molar-refractivity contribution in [2.24, 2.45) is 0 Å². The summed E-state index contributed by atoms with van der Waals surface area (Å²) >= 11 is 6.17. The Morgan fingerprint density at radius 1 is 1.40 bits per heavy atom. The lowest BCUT2D eigenvalue weighted by Gasteiger charge is -2.40. The molecule has 3 rings (SSSR count). The summed E-state index contributed by atoms with van der Waals surface area (Å²) < 4.78 is 5.81. The zero-order chi connectivity index (χ0) is 14.2. The maximum Gasteiger partial charge on any atom is 0.0801 e. The maximum absolute atomic E-state index is 6.17. The van der Waals surface area contributed by atoms with Crippen molar-refractivity contribution in [3.63, 3.8) is 0 Å². The van der Waals surface area contributed by atoms with E-state index in [4.69, 9.17) is 16.3 Å². The quantitative estimate of drug-likeness (QED) is 0.923. The molecule has 110 valence electrons. The number of benzene rings is 1. The lowest BCUT2D eigenvalue weighted by atomic mass is 10.0. The summed E-state index contributed by atoms with van der Waals surface area (Å²) in [6, 6.07) is 6.94. The number of hydrogen-bond donors (Lipinski definition) is 1. The van der Waals surface area contributed by atoms with Gasteiger partial charge < -0.3 is 15.0 Å². The Labute approximate surface area is 126 Å². The van der Waals surface area contributed by atoms with E-state index in [0.717, 1.165) is 31.3 Å². The lowest BCUT2D eigenvalue weighted by molar-refractivity contribution is -0.0277. The molecule has 1 heterocycles. The Hall–Kier alpha value is -0.770. The van der Waals surface area contributed by atoms with Gasteiger partial charge in [-0.1, -0.05) is 11.6 Å². The van der Waals surface area contributed by atoms with Crippen LogP contribution in [-0.2, 0) is 11.3 Å². The summed E-state index contributed by atoms with van der Waals surface area (Å²) in [4.78, 5) is 2.42. The molecule has 1 saturated carbocycles. The highest BCUT2D eigenvalue weighted by Gasteiger charge is 2.28. The average Bonchev–Trinajstić information content (AvgIpc) is 3.19. The second-order valence-corrected chi connectivity index (χ2v) is 6.89. The highest BCUT2D eigenvalue weighted by Crippen LogP contribution is 2.29. The predicted octanol–water partition coefficient (Wildman–Crippen LogP) is 3.21. The fraction of sp³-hybridized carbons (Fsp3) is 0.625. The number of hydrogen-bond acceptors (Lipinski definition) is 3. The average molecular weight is 295 g/mol. The van der Waals surface area contributed by atoms with Crippen LogP contribution in [0.3, 0.4) is 0 Å². The van der Waals surface area contributed by atoms with Crippen LogP contribution in [0.2, 0.25) is 5.02 Å². The van der Waals surface area contributed by atoms with E-state index in [1.807, 2.05) is 6.07 Å². The van der Waals surface area contributed by atoms with Crippen molar-refractivity contribution in [2.75, 3.05) is 24.6 Å². The van der Waals surface area contributed by atoms with Crippen LogP contribution < -0.4 is 10.2 Å². The van der Waals surface area contributed by atoms with Gasteiger partial charge >= 0.3 is 0 Å². The fourth-order valence-corrected chi connectivity index (χ4v) is 2.96. The number of morpholine rings is 1. The number of nitrogens with one attached hydrogen (secondary N) is 1. The van der Waals surface area contributed by atoms with Gasteiger partial charge in [0.25, 0.3) is 0 Å². The van der Waals surface area contributed by atoms with E-state index in [1.165, 1.54) is 24.1 Å². The van der Waals surface area contributed by atoms with Crippen LogP contribution >= 0.6 is 11.6 Å². The zero-order valence-electron chi connectivity index (χ0n) is 12.3. The smallest absolute Gasteiger partial charge is 0.0801 e. The Morgan fingerprint density at radius 3 is 2.90 bits per heavy atom. The molecule has 20 heavy (non-hydrogen) atoms. The molecule has 0 aromatic heterocycles. The number of nitrogens with zero attached hydrogens (tertiary/aromatic N) is 1. The molecule has 4 heteroatoms. The van der Waals surface area contributed by atoms with E-state index in [9.17, 15) is 0 Å².